The summed E-state index contributed by atoms with van der Waals surface area (Å²) in [4.78, 5) is 22.4. The van der Waals surface area contributed by atoms with Crippen molar-refractivity contribution >= 4 is 17.7 Å². The van der Waals surface area contributed by atoms with Crippen LogP contribution in [0, 0.1) is 0 Å². The monoisotopic (exact) mass is 282 g/mol. The van der Waals surface area contributed by atoms with Gasteiger partial charge in [-0.25, -0.2) is 9.97 Å². The molecule has 0 bridgehead atoms. The van der Waals surface area contributed by atoms with E-state index in [9.17, 15) is 4.79 Å². The molecule has 1 N–H and O–H groups in total. The van der Waals surface area contributed by atoms with Crippen molar-refractivity contribution in [2.75, 3.05) is 26.2 Å². The van der Waals surface area contributed by atoms with Crippen LogP contribution in [0.2, 0.25) is 0 Å². The van der Waals surface area contributed by atoms with E-state index in [-0.39, 0.29) is 11.2 Å². The van der Waals surface area contributed by atoms with Crippen molar-refractivity contribution in [3.05, 3.63) is 18.5 Å². The van der Waals surface area contributed by atoms with Crippen molar-refractivity contribution in [1.29, 1.82) is 0 Å². The zero-order valence-electron chi connectivity index (χ0n) is 11.8. The van der Waals surface area contributed by atoms with E-state index in [1.54, 1.807) is 18.5 Å². The highest BCUT2D eigenvalue weighted by Gasteiger charge is 2.15. The molecule has 0 saturated heterocycles. The van der Waals surface area contributed by atoms with Crippen LogP contribution < -0.4 is 5.32 Å². The van der Waals surface area contributed by atoms with Crippen molar-refractivity contribution in [2.24, 2.45) is 0 Å². The standard InChI is InChI=1S/C13H22N4OS/c1-4-17(5-2)10-9-14-12(18)11(3)19-13-15-7-6-8-16-13/h6-8,11H,4-5,9-10H2,1-3H3,(H,14,18). The number of nitrogens with one attached hydrogen (secondary N) is 1. The zero-order chi connectivity index (χ0) is 14.1. The maximum Gasteiger partial charge on any atom is 0.233 e. The van der Waals surface area contributed by atoms with Gasteiger partial charge in [0.15, 0.2) is 5.16 Å². The lowest BCUT2D eigenvalue weighted by molar-refractivity contribution is -0.120. The second-order valence-electron chi connectivity index (χ2n) is 4.11. The summed E-state index contributed by atoms with van der Waals surface area (Å²) < 4.78 is 0. The van der Waals surface area contributed by atoms with Gasteiger partial charge in [-0.15, -0.1) is 0 Å². The van der Waals surface area contributed by atoms with E-state index >= 15 is 0 Å². The molecule has 0 aliphatic rings. The maximum absolute atomic E-state index is 11.9. The number of carbonyl (C=O) groups is 1. The van der Waals surface area contributed by atoms with Crippen molar-refractivity contribution in [2.45, 2.75) is 31.2 Å². The van der Waals surface area contributed by atoms with Gasteiger partial charge in [-0.05, 0) is 26.1 Å². The van der Waals surface area contributed by atoms with Gasteiger partial charge in [0.25, 0.3) is 0 Å². The predicted octanol–water partition coefficient (Wildman–Crippen LogP) is 1.42. The van der Waals surface area contributed by atoms with Gasteiger partial charge in [-0.1, -0.05) is 25.6 Å². The van der Waals surface area contributed by atoms with Crippen molar-refractivity contribution in [1.82, 2.24) is 20.2 Å². The Labute approximate surface area is 119 Å². The number of hydrogen-bond donors (Lipinski definition) is 1. The van der Waals surface area contributed by atoms with Crippen molar-refractivity contribution in [3.63, 3.8) is 0 Å². The fourth-order valence-corrected chi connectivity index (χ4v) is 2.33. The van der Waals surface area contributed by atoms with Gasteiger partial charge in [0.2, 0.25) is 5.91 Å². The minimum Gasteiger partial charge on any atom is -0.354 e. The first kappa shape index (κ1) is 15.9. The molecule has 1 rings (SSSR count). The van der Waals surface area contributed by atoms with Gasteiger partial charge >= 0.3 is 0 Å². The molecule has 1 amide bonds. The molecule has 0 aliphatic heterocycles. The van der Waals surface area contributed by atoms with Gasteiger partial charge in [-0.3, -0.25) is 4.79 Å². The smallest absolute Gasteiger partial charge is 0.233 e. The van der Waals surface area contributed by atoms with Crippen LogP contribution in [0.25, 0.3) is 0 Å². The Morgan fingerprint density at radius 3 is 2.58 bits per heavy atom. The predicted molar refractivity (Wildman–Crippen MR) is 78.1 cm³/mol. The summed E-state index contributed by atoms with van der Waals surface area (Å²) in [5, 5.41) is 3.40. The van der Waals surface area contributed by atoms with Crippen LogP contribution in [0.3, 0.4) is 0 Å². The molecule has 0 fully saturated rings. The molecule has 0 radical (unpaired) electrons. The van der Waals surface area contributed by atoms with Crippen LogP contribution in [0.1, 0.15) is 20.8 Å². The van der Waals surface area contributed by atoms with Crippen molar-refractivity contribution in [3.8, 4) is 0 Å². The molecule has 0 aliphatic carbocycles. The summed E-state index contributed by atoms with van der Waals surface area (Å²) in [5.74, 6) is 0.0320. The maximum atomic E-state index is 11.9. The summed E-state index contributed by atoms with van der Waals surface area (Å²) in [6.45, 7) is 9.70. The largest absolute Gasteiger partial charge is 0.354 e. The van der Waals surface area contributed by atoms with Gasteiger partial charge in [0.1, 0.15) is 0 Å². The van der Waals surface area contributed by atoms with E-state index < -0.39 is 0 Å². The van der Waals surface area contributed by atoms with Gasteiger partial charge in [-0.2, -0.15) is 0 Å². The Kier molecular flexibility index (Phi) is 7.43. The molecular formula is C13H22N4OS. The molecule has 0 saturated carbocycles. The molecule has 0 aromatic carbocycles. The van der Waals surface area contributed by atoms with Crippen LogP contribution >= 0.6 is 11.8 Å². The number of nitrogens with zero attached hydrogens (tertiary/aromatic N) is 3. The molecule has 1 heterocycles. The average Bonchev–Trinajstić information content (AvgIpc) is 2.44. The third-order valence-electron chi connectivity index (χ3n) is 2.82. The van der Waals surface area contributed by atoms with Crippen LogP contribution in [-0.4, -0.2) is 52.2 Å². The van der Waals surface area contributed by atoms with Gasteiger partial charge in [0, 0.05) is 25.5 Å². The lowest BCUT2D eigenvalue weighted by Gasteiger charge is -2.18. The van der Waals surface area contributed by atoms with E-state index in [0.717, 1.165) is 19.6 Å². The van der Waals surface area contributed by atoms with Gasteiger partial charge in [0.05, 0.1) is 5.25 Å². The summed E-state index contributed by atoms with van der Waals surface area (Å²) >= 11 is 1.37. The molecule has 1 unspecified atom stereocenters. The highest BCUT2D eigenvalue weighted by molar-refractivity contribution is 8.00. The lowest BCUT2D eigenvalue weighted by atomic mass is 10.4. The first-order valence-corrected chi connectivity index (χ1v) is 7.49. The van der Waals surface area contributed by atoms with Gasteiger partial charge < -0.3 is 10.2 Å². The number of amides is 1. The molecule has 19 heavy (non-hydrogen) atoms. The summed E-state index contributed by atoms with van der Waals surface area (Å²) in [6.07, 6.45) is 3.36. The van der Waals surface area contributed by atoms with Crippen LogP contribution in [0.4, 0.5) is 0 Å². The molecule has 1 atom stereocenters. The SMILES string of the molecule is CCN(CC)CCNC(=O)C(C)Sc1ncccn1. The Balaban J connectivity index is 2.29. The third kappa shape index (κ3) is 6.02. The number of carbonyl (C=O) groups excluding carboxylic acids is 1. The Hall–Kier alpha value is -1.14. The Morgan fingerprint density at radius 2 is 2.00 bits per heavy atom. The fourth-order valence-electron chi connectivity index (χ4n) is 1.58. The first-order valence-electron chi connectivity index (χ1n) is 6.61. The normalized spacial score (nSPS) is 12.4. The highest BCUT2D eigenvalue weighted by atomic mass is 32.2. The van der Waals surface area contributed by atoms with E-state index in [1.165, 1.54) is 11.8 Å². The molecular weight excluding hydrogens is 260 g/mol. The van der Waals surface area contributed by atoms with E-state index in [0.29, 0.717) is 11.7 Å². The fraction of sp³-hybridized carbons (Fsp3) is 0.615. The molecule has 106 valence electrons. The van der Waals surface area contributed by atoms with Crippen LogP contribution in [0.15, 0.2) is 23.6 Å². The molecule has 1 aromatic heterocycles. The number of thioether (sulfide) groups is 1. The topological polar surface area (TPSA) is 58.1 Å². The number of hydrogen-bond acceptors (Lipinski definition) is 5. The van der Waals surface area contributed by atoms with E-state index in [1.807, 2.05) is 6.92 Å². The molecule has 5 nitrogen and oxygen atoms in total. The second kappa shape index (κ2) is 8.87. The third-order valence-corrected chi connectivity index (χ3v) is 3.80. The lowest BCUT2D eigenvalue weighted by Crippen LogP contribution is -2.38. The first-order chi connectivity index (χ1) is 9.17. The van der Waals surface area contributed by atoms with Crippen LogP contribution in [0.5, 0.6) is 0 Å². The Morgan fingerprint density at radius 1 is 1.37 bits per heavy atom. The molecule has 1 aromatic rings. The van der Waals surface area contributed by atoms with E-state index in [2.05, 4.69) is 34.0 Å². The van der Waals surface area contributed by atoms with Crippen molar-refractivity contribution < 1.29 is 4.79 Å². The summed E-state index contributed by atoms with van der Waals surface area (Å²) in [6, 6.07) is 1.76. The summed E-state index contributed by atoms with van der Waals surface area (Å²) in [7, 11) is 0. The van der Waals surface area contributed by atoms with E-state index in [4.69, 9.17) is 0 Å². The minimum absolute atomic E-state index is 0.0320. The molecule has 0 spiro atoms. The Bertz CT molecular complexity index is 370. The number of rotatable bonds is 8. The number of aromatic nitrogens is 2. The average molecular weight is 282 g/mol. The number of likely N-dealkylation sites (N-methyl/N-ethyl adjacent to an activating group) is 1. The minimum atomic E-state index is -0.181. The highest BCUT2D eigenvalue weighted by Crippen LogP contribution is 2.17. The van der Waals surface area contributed by atoms with Crippen LogP contribution in [-0.2, 0) is 4.79 Å². The quantitative estimate of drug-likeness (QED) is 0.577. The zero-order valence-corrected chi connectivity index (χ0v) is 12.6. The summed E-state index contributed by atoms with van der Waals surface area (Å²) in [5.41, 5.74) is 0. The molecule has 6 heteroatoms. The second-order valence-corrected chi connectivity index (χ2v) is 5.42.